The lowest BCUT2D eigenvalue weighted by Gasteiger charge is -2.18. The van der Waals surface area contributed by atoms with Gasteiger partial charge in [-0.15, -0.1) is 4.91 Å². The molecule has 1 heterocycles. The Hall–Kier alpha value is -3.56. The number of likely N-dealkylation sites (N-methyl/N-ethyl adjacent to an activating group) is 1. The number of nitroso groups, excluding NO2 is 1. The Kier molecular flexibility index (Phi) is 7.80. The van der Waals surface area contributed by atoms with Crippen molar-refractivity contribution in [3.05, 3.63) is 99.4 Å². The topological polar surface area (TPSA) is 99.5 Å². The van der Waals surface area contributed by atoms with Gasteiger partial charge in [0.1, 0.15) is 6.54 Å². The predicted molar refractivity (Wildman–Crippen MR) is 134 cm³/mol. The van der Waals surface area contributed by atoms with Gasteiger partial charge in [0.05, 0.1) is 21.6 Å². The highest BCUT2D eigenvalue weighted by Crippen LogP contribution is 2.28. The maximum absolute atomic E-state index is 12.0. The molecule has 4 rings (SSSR count). The molecule has 0 saturated heterocycles. The van der Waals surface area contributed by atoms with Crippen molar-refractivity contribution in [3.63, 3.8) is 0 Å². The van der Waals surface area contributed by atoms with Gasteiger partial charge in [0, 0.05) is 30.2 Å². The lowest BCUT2D eigenvalue weighted by molar-refractivity contribution is -0.116. The van der Waals surface area contributed by atoms with Crippen molar-refractivity contribution in [1.82, 2.24) is 4.41 Å². The third-order valence-corrected chi connectivity index (χ3v) is 7.02. The first kappa shape index (κ1) is 25.1. The van der Waals surface area contributed by atoms with Crippen molar-refractivity contribution >= 4 is 38.9 Å². The fourth-order valence-electron chi connectivity index (χ4n) is 3.21. The second kappa shape index (κ2) is 10.6. The summed E-state index contributed by atoms with van der Waals surface area (Å²) in [5.74, 6) is -0.0282. The minimum Gasteiger partial charge on any atom is -0.313 e. The number of sulfonamides is 1. The molecule has 8 nitrogen and oxygen atoms in total. The highest BCUT2D eigenvalue weighted by atomic mass is 35.5. The highest BCUT2D eigenvalue weighted by Gasteiger charge is 2.22. The number of nitrogens with zero attached hydrogens (tertiary/aromatic N) is 4. The Bertz CT molecular complexity index is 1330. The van der Waals surface area contributed by atoms with Crippen LogP contribution in [0.3, 0.4) is 0 Å². The standard InChI is InChI=1S/C16H13ClN2O.C8H10N2O3S/c1-19-14-8-7-12(17)9-13(14)16(18-10-15(19)20)11-5-3-2-4-6-11;1-7-3-5-8(6-4-7)14(12,13)10(2)9-11/h2-9H,10H2,1H3;3-6H,1-2H3. The molecule has 1 aliphatic rings. The van der Waals surface area contributed by atoms with E-state index in [0.717, 1.165) is 35.1 Å². The Morgan fingerprint density at radius 3 is 2.29 bits per heavy atom. The van der Waals surface area contributed by atoms with Crippen molar-refractivity contribution in [2.45, 2.75) is 11.8 Å². The summed E-state index contributed by atoms with van der Waals surface area (Å²) >= 11 is 6.11. The van der Waals surface area contributed by atoms with E-state index in [4.69, 9.17) is 11.6 Å². The van der Waals surface area contributed by atoms with Crippen LogP contribution in [0.25, 0.3) is 0 Å². The zero-order valence-electron chi connectivity index (χ0n) is 18.8. The summed E-state index contributed by atoms with van der Waals surface area (Å²) < 4.78 is 23.4. The number of aliphatic imine (C=N–C) groups is 1. The summed E-state index contributed by atoms with van der Waals surface area (Å²) in [6.07, 6.45) is 0. The zero-order chi connectivity index (χ0) is 24.9. The first-order valence-corrected chi connectivity index (χ1v) is 12.0. The Balaban J connectivity index is 0.000000204. The maximum Gasteiger partial charge on any atom is 0.281 e. The average molecular weight is 499 g/mol. The molecule has 0 radical (unpaired) electrons. The molecule has 10 heteroatoms. The summed E-state index contributed by atoms with van der Waals surface area (Å²) in [5.41, 5.74) is 4.46. The SMILES string of the molecule is CN1C(=O)CN=C(c2ccccc2)c2cc(Cl)ccc21.Cc1ccc(S(=O)(=O)N(C)N=O)cc1. The number of hydrogen-bond acceptors (Lipinski definition) is 6. The number of hydrogen-bond donors (Lipinski definition) is 0. The van der Waals surface area contributed by atoms with E-state index in [1.807, 2.05) is 49.4 Å². The molecule has 0 bridgehead atoms. The number of benzodiazepines with no additional fused rings is 1. The molecule has 0 atom stereocenters. The van der Waals surface area contributed by atoms with Gasteiger partial charge >= 0.3 is 0 Å². The van der Waals surface area contributed by atoms with Crippen molar-refractivity contribution < 1.29 is 13.2 Å². The monoisotopic (exact) mass is 498 g/mol. The first-order chi connectivity index (χ1) is 16.1. The lowest BCUT2D eigenvalue weighted by Crippen LogP contribution is -2.27. The van der Waals surface area contributed by atoms with E-state index in [2.05, 4.69) is 10.3 Å². The summed E-state index contributed by atoms with van der Waals surface area (Å²) in [4.78, 5) is 28.3. The fraction of sp³-hybridized carbons (Fsp3) is 0.167. The minimum absolute atomic E-state index is 0.0282. The summed E-state index contributed by atoms with van der Waals surface area (Å²) in [6, 6.07) is 21.5. The second-order valence-electron chi connectivity index (χ2n) is 7.48. The van der Waals surface area contributed by atoms with Gasteiger partial charge < -0.3 is 4.90 Å². The van der Waals surface area contributed by atoms with Crippen molar-refractivity contribution in [2.24, 2.45) is 10.3 Å². The smallest absolute Gasteiger partial charge is 0.281 e. The molecule has 34 heavy (non-hydrogen) atoms. The first-order valence-electron chi connectivity index (χ1n) is 10.2. The van der Waals surface area contributed by atoms with Crippen LogP contribution in [0.1, 0.15) is 16.7 Å². The number of carbonyl (C=O) groups is 1. The van der Waals surface area contributed by atoms with E-state index < -0.39 is 10.0 Å². The number of rotatable bonds is 4. The number of amides is 1. The Labute approximate surface area is 203 Å². The quantitative estimate of drug-likeness (QED) is 0.392. The summed E-state index contributed by atoms with van der Waals surface area (Å²) in [7, 11) is -0.890. The van der Waals surface area contributed by atoms with Crippen LogP contribution in [0.15, 0.2) is 88.0 Å². The summed E-state index contributed by atoms with van der Waals surface area (Å²) in [6.45, 7) is 1.99. The maximum atomic E-state index is 12.0. The van der Waals surface area contributed by atoms with Crippen molar-refractivity contribution in [3.8, 4) is 0 Å². The van der Waals surface area contributed by atoms with E-state index in [-0.39, 0.29) is 17.3 Å². The van der Waals surface area contributed by atoms with Gasteiger partial charge in [0.25, 0.3) is 10.0 Å². The third kappa shape index (κ3) is 5.49. The van der Waals surface area contributed by atoms with Crippen LogP contribution >= 0.6 is 11.6 Å². The van der Waals surface area contributed by atoms with Crippen LogP contribution in [0.4, 0.5) is 5.69 Å². The van der Waals surface area contributed by atoms with E-state index in [1.54, 1.807) is 30.1 Å². The van der Waals surface area contributed by atoms with Crippen molar-refractivity contribution in [1.29, 1.82) is 0 Å². The van der Waals surface area contributed by atoms with Crippen LogP contribution in [-0.2, 0) is 14.8 Å². The van der Waals surface area contributed by atoms with Crippen LogP contribution < -0.4 is 4.90 Å². The predicted octanol–water partition coefficient (Wildman–Crippen LogP) is 4.45. The molecule has 0 N–H and O–H groups in total. The van der Waals surface area contributed by atoms with Crippen LogP contribution in [0.5, 0.6) is 0 Å². The number of benzene rings is 3. The Morgan fingerprint density at radius 2 is 1.68 bits per heavy atom. The lowest BCUT2D eigenvalue weighted by atomic mass is 10.0. The molecule has 0 saturated carbocycles. The van der Waals surface area contributed by atoms with Crippen LogP contribution in [0, 0.1) is 11.8 Å². The molecule has 0 aliphatic carbocycles. The summed E-state index contributed by atoms with van der Waals surface area (Å²) in [5, 5.41) is 2.99. The molecule has 3 aromatic carbocycles. The zero-order valence-corrected chi connectivity index (χ0v) is 20.4. The fourth-order valence-corrected chi connectivity index (χ4v) is 4.26. The van der Waals surface area contributed by atoms with Crippen LogP contribution in [-0.4, -0.2) is 45.1 Å². The molecule has 1 aliphatic heterocycles. The molecular weight excluding hydrogens is 476 g/mol. The third-order valence-electron chi connectivity index (χ3n) is 5.15. The number of aryl methyl sites for hydroxylation is 1. The number of halogens is 1. The number of anilines is 1. The molecule has 1 amide bonds. The number of carbonyl (C=O) groups excluding carboxylic acids is 1. The molecule has 176 valence electrons. The van der Waals surface area contributed by atoms with E-state index in [1.165, 1.54) is 12.1 Å². The Morgan fingerprint density at radius 1 is 1.03 bits per heavy atom. The number of fused-ring (bicyclic) bond motifs is 1. The van der Waals surface area contributed by atoms with Crippen molar-refractivity contribution in [2.75, 3.05) is 25.5 Å². The van der Waals surface area contributed by atoms with Gasteiger partial charge in [-0.3, -0.25) is 9.79 Å². The van der Waals surface area contributed by atoms with E-state index in [9.17, 15) is 18.1 Å². The molecule has 0 spiro atoms. The van der Waals surface area contributed by atoms with Gasteiger partial charge in [0.15, 0.2) is 0 Å². The van der Waals surface area contributed by atoms with Crippen LogP contribution in [0.2, 0.25) is 5.02 Å². The van der Waals surface area contributed by atoms with Gasteiger partial charge in [-0.25, -0.2) is 0 Å². The molecule has 3 aromatic rings. The molecule has 0 unspecified atom stereocenters. The van der Waals surface area contributed by atoms with Gasteiger partial charge in [-0.2, -0.15) is 12.8 Å². The van der Waals surface area contributed by atoms with E-state index in [0.29, 0.717) is 9.44 Å². The largest absolute Gasteiger partial charge is 0.313 e. The van der Waals surface area contributed by atoms with Gasteiger partial charge in [-0.05, 0) is 37.3 Å². The average Bonchev–Trinajstić information content (AvgIpc) is 2.96. The molecule has 0 fully saturated rings. The van der Waals surface area contributed by atoms with Gasteiger partial charge in [0.2, 0.25) is 5.91 Å². The van der Waals surface area contributed by atoms with E-state index >= 15 is 0 Å². The molecule has 0 aromatic heterocycles. The normalized spacial score (nSPS) is 13.1. The van der Waals surface area contributed by atoms with Gasteiger partial charge in [-0.1, -0.05) is 59.6 Å². The minimum atomic E-state index is -3.75. The highest BCUT2D eigenvalue weighted by molar-refractivity contribution is 7.89. The second-order valence-corrected chi connectivity index (χ2v) is 9.87. The molecular formula is C24H23ClN4O4S.